The molecule has 0 heterocycles. The molecule has 0 aliphatic heterocycles. The average Bonchev–Trinajstić information content (AvgIpc) is 3.30. The zero-order valence-electron chi connectivity index (χ0n) is 11.7. The Hall–Kier alpha value is -1.84. The van der Waals surface area contributed by atoms with Gasteiger partial charge in [0.15, 0.2) is 0 Å². The number of aryl methyl sites for hydroxylation is 1. The summed E-state index contributed by atoms with van der Waals surface area (Å²) in [5, 5.41) is 5.90. The Morgan fingerprint density at radius 2 is 1.85 bits per heavy atom. The predicted molar refractivity (Wildman–Crippen MR) is 75.8 cm³/mol. The Labute approximate surface area is 118 Å². The fourth-order valence-electron chi connectivity index (χ4n) is 2.43. The molecular formula is C16H20N2O2. The van der Waals surface area contributed by atoms with Crippen LogP contribution in [0.4, 0.5) is 0 Å². The number of rotatable bonds is 5. The Balaban J connectivity index is 1.46. The molecule has 2 amide bonds. The Kier molecular flexibility index (Phi) is 3.47. The van der Waals surface area contributed by atoms with E-state index in [2.05, 4.69) is 10.6 Å². The minimum atomic E-state index is -0.127. The highest BCUT2D eigenvalue weighted by Crippen LogP contribution is 2.39. The van der Waals surface area contributed by atoms with E-state index in [1.165, 1.54) is 5.56 Å². The zero-order valence-corrected chi connectivity index (χ0v) is 11.7. The molecule has 3 rings (SSSR count). The van der Waals surface area contributed by atoms with Crippen LogP contribution < -0.4 is 10.6 Å². The van der Waals surface area contributed by atoms with Gasteiger partial charge in [-0.25, -0.2) is 0 Å². The third-order valence-corrected chi connectivity index (χ3v) is 4.10. The van der Waals surface area contributed by atoms with Crippen molar-refractivity contribution in [1.29, 1.82) is 0 Å². The zero-order chi connectivity index (χ0) is 14.1. The first-order valence-electron chi connectivity index (χ1n) is 7.28. The van der Waals surface area contributed by atoms with Crippen LogP contribution in [0.3, 0.4) is 0 Å². The highest BCUT2D eigenvalue weighted by molar-refractivity contribution is 5.92. The van der Waals surface area contributed by atoms with Crippen LogP contribution in [0.5, 0.6) is 0 Å². The first-order chi connectivity index (χ1) is 9.65. The number of hydrogen-bond donors (Lipinski definition) is 2. The molecular weight excluding hydrogens is 252 g/mol. The molecule has 2 unspecified atom stereocenters. The Morgan fingerprint density at radius 1 is 1.15 bits per heavy atom. The van der Waals surface area contributed by atoms with Crippen LogP contribution in [0, 0.1) is 18.8 Å². The highest BCUT2D eigenvalue weighted by atomic mass is 16.2. The van der Waals surface area contributed by atoms with Gasteiger partial charge in [-0.15, -0.1) is 0 Å². The summed E-state index contributed by atoms with van der Waals surface area (Å²) in [6, 6.07) is 8.38. The summed E-state index contributed by atoms with van der Waals surface area (Å²) < 4.78 is 0. The summed E-state index contributed by atoms with van der Waals surface area (Å²) in [6.45, 7) is 2.57. The van der Waals surface area contributed by atoms with Crippen molar-refractivity contribution < 1.29 is 9.59 Å². The maximum absolute atomic E-state index is 12.0. The van der Waals surface area contributed by atoms with Crippen LogP contribution in [0.1, 0.15) is 30.4 Å². The lowest BCUT2D eigenvalue weighted by Gasteiger charge is -2.07. The first kappa shape index (κ1) is 13.2. The number of carbonyl (C=O) groups is 2. The van der Waals surface area contributed by atoms with Gasteiger partial charge in [0.05, 0.1) is 11.8 Å². The smallest absolute Gasteiger partial charge is 0.224 e. The van der Waals surface area contributed by atoms with Gasteiger partial charge in [0.1, 0.15) is 0 Å². The molecule has 106 valence electrons. The van der Waals surface area contributed by atoms with Crippen molar-refractivity contribution in [3.63, 3.8) is 0 Å². The average molecular weight is 272 g/mol. The third-order valence-electron chi connectivity index (χ3n) is 4.10. The SMILES string of the molecule is Cc1ccccc1CNC(=O)C1CC1C(=O)NC1CC1. The minimum absolute atomic E-state index is 0.00389. The highest BCUT2D eigenvalue weighted by Gasteiger charge is 2.48. The molecule has 0 spiro atoms. The second kappa shape index (κ2) is 5.27. The molecule has 1 aromatic carbocycles. The molecule has 1 aromatic rings. The Bertz CT molecular complexity index is 537. The normalized spacial score (nSPS) is 24.1. The van der Waals surface area contributed by atoms with E-state index in [4.69, 9.17) is 0 Å². The number of hydrogen-bond acceptors (Lipinski definition) is 2. The van der Waals surface area contributed by atoms with Gasteiger partial charge in [-0.05, 0) is 37.3 Å². The lowest BCUT2D eigenvalue weighted by Crippen LogP contribution is -2.31. The molecule has 2 aliphatic rings. The lowest BCUT2D eigenvalue weighted by atomic mass is 10.1. The predicted octanol–water partition coefficient (Wildman–Crippen LogP) is 1.53. The van der Waals surface area contributed by atoms with Crippen molar-refractivity contribution in [2.24, 2.45) is 11.8 Å². The molecule has 2 atom stereocenters. The van der Waals surface area contributed by atoms with Gasteiger partial charge in [0.2, 0.25) is 11.8 Å². The van der Waals surface area contributed by atoms with Gasteiger partial charge in [-0.3, -0.25) is 9.59 Å². The number of amides is 2. The van der Waals surface area contributed by atoms with E-state index in [1.54, 1.807) is 0 Å². The van der Waals surface area contributed by atoms with E-state index in [0.29, 0.717) is 19.0 Å². The summed E-state index contributed by atoms with van der Waals surface area (Å²) in [4.78, 5) is 23.8. The topological polar surface area (TPSA) is 58.2 Å². The molecule has 4 heteroatoms. The number of carbonyl (C=O) groups excluding carboxylic acids is 2. The summed E-state index contributed by atoms with van der Waals surface area (Å²) >= 11 is 0. The molecule has 20 heavy (non-hydrogen) atoms. The summed E-state index contributed by atoms with van der Waals surface area (Å²) in [7, 11) is 0. The first-order valence-corrected chi connectivity index (χ1v) is 7.28. The van der Waals surface area contributed by atoms with E-state index >= 15 is 0 Å². The van der Waals surface area contributed by atoms with Gasteiger partial charge in [-0.2, -0.15) is 0 Å². The molecule has 0 bridgehead atoms. The van der Waals surface area contributed by atoms with Crippen LogP contribution in [0.25, 0.3) is 0 Å². The van der Waals surface area contributed by atoms with Crippen LogP contribution >= 0.6 is 0 Å². The second-order valence-electron chi connectivity index (χ2n) is 5.88. The molecule has 0 radical (unpaired) electrons. The third kappa shape index (κ3) is 3.00. The maximum atomic E-state index is 12.0. The molecule has 4 nitrogen and oxygen atoms in total. The summed E-state index contributed by atoms with van der Waals surface area (Å²) in [5.41, 5.74) is 2.30. The van der Waals surface area contributed by atoms with Crippen LogP contribution in [0.2, 0.25) is 0 Å². The van der Waals surface area contributed by atoms with Crippen LogP contribution in [-0.4, -0.2) is 17.9 Å². The van der Waals surface area contributed by atoms with Gasteiger partial charge in [0.25, 0.3) is 0 Å². The fourth-order valence-corrected chi connectivity index (χ4v) is 2.43. The second-order valence-corrected chi connectivity index (χ2v) is 5.88. The van der Waals surface area contributed by atoms with Gasteiger partial charge in [-0.1, -0.05) is 24.3 Å². The van der Waals surface area contributed by atoms with Crippen LogP contribution in [-0.2, 0) is 16.1 Å². The number of benzene rings is 1. The van der Waals surface area contributed by atoms with Gasteiger partial charge in [0, 0.05) is 12.6 Å². The Morgan fingerprint density at radius 3 is 2.55 bits per heavy atom. The van der Waals surface area contributed by atoms with Crippen molar-refractivity contribution in [3.8, 4) is 0 Å². The molecule has 2 fully saturated rings. The van der Waals surface area contributed by atoms with E-state index < -0.39 is 0 Å². The largest absolute Gasteiger partial charge is 0.353 e. The lowest BCUT2D eigenvalue weighted by molar-refractivity contribution is -0.127. The van der Waals surface area contributed by atoms with Crippen molar-refractivity contribution >= 4 is 11.8 Å². The molecule has 2 aliphatic carbocycles. The van der Waals surface area contributed by atoms with E-state index in [9.17, 15) is 9.59 Å². The van der Waals surface area contributed by atoms with Crippen molar-refractivity contribution in [2.45, 2.75) is 38.8 Å². The minimum Gasteiger partial charge on any atom is -0.353 e. The molecule has 2 saturated carbocycles. The quantitative estimate of drug-likeness (QED) is 0.854. The standard InChI is InChI=1S/C16H20N2O2/c1-10-4-2-3-5-11(10)9-17-15(19)13-8-14(13)16(20)18-12-6-7-12/h2-5,12-14H,6-9H2,1H3,(H,17,19)(H,18,20). The maximum Gasteiger partial charge on any atom is 0.224 e. The van der Waals surface area contributed by atoms with E-state index in [-0.39, 0.29) is 23.7 Å². The molecule has 0 saturated heterocycles. The fraction of sp³-hybridized carbons (Fsp3) is 0.500. The van der Waals surface area contributed by atoms with Gasteiger partial charge < -0.3 is 10.6 Å². The van der Waals surface area contributed by atoms with Crippen LogP contribution in [0.15, 0.2) is 24.3 Å². The van der Waals surface area contributed by atoms with Crippen molar-refractivity contribution in [2.75, 3.05) is 0 Å². The summed E-state index contributed by atoms with van der Waals surface area (Å²) in [6.07, 6.45) is 2.86. The molecule has 2 N–H and O–H groups in total. The van der Waals surface area contributed by atoms with E-state index in [1.807, 2.05) is 31.2 Å². The monoisotopic (exact) mass is 272 g/mol. The van der Waals surface area contributed by atoms with Gasteiger partial charge >= 0.3 is 0 Å². The van der Waals surface area contributed by atoms with E-state index in [0.717, 1.165) is 18.4 Å². The summed E-state index contributed by atoms with van der Waals surface area (Å²) in [5.74, 6) is -0.169. The molecule has 0 aromatic heterocycles. The van der Waals surface area contributed by atoms with Crippen molar-refractivity contribution in [3.05, 3.63) is 35.4 Å². The van der Waals surface area contributed by atoms with Crippen molar-refractivity contribution in [1.82, 2.24) is 10.6 Å². The number of nitrogens with one attached hydrogen (secondary N) is 2.